The van der Waals surface area contributed by atoms with Gasteiger partial charge in [-0.25, -0.2) is 4.98 Å². The molecule has 0 aliphatic carbocycles. The van der Waals surface area contributed by atoms with E-state index in [0.29, 0.717) is 18.0 Å². The van der Waals surface area contributed by atoms with Crippen molar-refractivity contribution < 1.29 is 14.3 Å². The van der Waals surface area contributed by atoms with Crippen LogP contribution < -0.4 is 14.8 Å². The van der Waals surface area contributed by atoms with E-state index >= 15 is 0 Å². The van der Waals surface area contributed by atoms with Crippen molar-refractivity contribution in [3.63, 3.8) is 0 Å². The smallest absolute Gasteiger partial charge is 0.231 e. The topological polar surface area (TPSA) is 73.3 Å². The minimum Gasteiger partial charge on any atom is -0.454 e. The number of hydrogen-bond acceptors (Lipinski definition) is 6. The fraction of sp³-hybridized carbons (Fsp3) is 0.167. The molecule has 0 saturated heterocycles. The number of anilines is 1. The van der Waals surface area contributed by atoms with Gasteiger partial charge in [0, 0.05) is 29.8 Å². The van der Waals surface area contributed by atoms with Crippen LogP contribution >= 0.6 is 11.3 Å². The number of aromatic nitrogens is 2. The molecule has 0 saturated carbocycles. The molecule has 7 heteroatoms. The SMILES string of the molecule is O=C(CCc1ccc2c(c1)OCO2)Nc1nc(-c2cccnc2)cs1. The second kappa shape index (κ2) is 6.90. The standard InChI is InChI=1S/C18H15N3O3S/c22-17(6-4-12-3-5-15-16(8-12)24-11-23-15)21-18-20-14(10-25-18)13-2-1-7-19-9-13/h1-3,5,7-10H,4,6,11H2,(H,20,21,22). The summed E-state index contributed by atoms with van der Waals surface area (Å²) < 4.78 is 10.6. The average Bonchev–Trinajstić information content (AvgIpc) is 3.29. The van der Waals surface area contributed by atoms with Crippen LogP contribution in [0.15, 0.2) is 48.1 Å². The number of amides is 1. The second-order valence-electron chi connectivity index (χ2n) is 5.52. The number of hydrogen-bond donors (Lipinski definition) is 1. The van der Waals surface area contributed by atoms with E-state index in [2.05, 4.69) is 15.3 Å². The van der Waals surface area contributed by atoms with E-state index in [0.717, 1.165) is 28.3 Å². The van der Waals surface area contributed by atoms with Crippen LogP contribution in [0.4, 0.5) is 5.13 Å². The zero-order chi connectivity index (χ0) is 17.1. The normalized spacial score (nSPS) is 12.2. The van der Waals surface area contributed by atoms with Crippen LogP contribution in [0, 0.1) is 0 Å². The molecule has 0 spiro atoms. The molecule has 25 heavy (non-hydrogen) atoms. The van der Waals surface area contributed by atoms with Gasteiger partial charge < -0.3 is 14.8 Å². The summed E-state index contributed by atoms with van der Waals surface area (Å²) in [6.45, 7) is 0.253. The van der Waals surface area contributed by atoms with Crippen molar-refractivity contribution in [1.29, 1.82) is 0 Å². The Morgan fingerprint density at radius 2 is 2.16 bits per heavy atom. The molecule has 126 valence electrons. The van der Waals surface area contributed by atoms with E-state index < -0.39 is 0 Å². The Hall–Kier alpha value is -2.93. The van der Waals surface area contributed by atoms with Gasteiger partial charge in [0.2, 0.25) is 12.7 Å². The van der Waals surface area contributed by atoms with Crippen molar-refractivity contribution in [2.45, 2.75) is 12.8 Å². The largest absolute Gasteiger partial charge is 0.454 e. The molecule has 3 aromatic rings. The molecule has 3 heterocycles. The molecule has 0 bridgehead atoms. The van der Waals surface area contributed by atoms with Crippen LogP contribution in [-0.2, 0) is 11.2 Å². The van der Waals surface area contributed by atoms with Crippen molar-refractivity contribution in [2.24, 2.45) is 0 Å². The van der Waals surface area contributed by atoms with Crippen molar-refractivity contribution in [3.05, 3.63) is 53.7 Å². The third kappa shape index (κ3) is 3.61. The third-order valence-electron chi connectivity index (χ3n) is 3.79. The summed E-state index contributed by atoms with van der Waals surface area (Å²) in [5.74, 6) is 1.42. The van der Waals surface area contributed by atoms with Crippen LogP contribution in [0.25, 0.3) is 11.3 Å². The number of carbonyl (C=O) groups excluding carboxylic acids is 1. The number of nitrogens with zero attached hydrogens (tertiary/aromatic N) is 2. The molecule has 6 nitrogen and oxygen atoms in total. The molecule has 0 radical (unpaired) electrons. The quantitative estimate of drug-likeness (QED) is 0.760. The number of nitrogens with one attached hydrogen (secondary N) is 1. The van der Waals surface area contributed by atoms with E-state index in [1.807, 2.05) is 35.7 Å². The lowest BCUT2D eigenvalue weighted by atomic mass is 10.1. The van der Waals surface area contributed by atoms with E-state index in [1.54, 1.807) is 12.4 Å². The fourth-order valence-electron chi connectivity index (χ4n) is 2.51. The minimum atomic E-state index is -0.0650. The molecule has 1 N–H and O–H groups in total. The molecule has 0 unspecified atom stereocenters. The first kappa shape index (κ1) is 15.6. The van der Waals surface area contributed by atoms with E-state index in [1.165, 1.54) is 11.3 Å². The van der Waals surface area contributed by atoms with Crippen LogP contribution in [0.2, 0.25) is 0 Å². The minimum absolute atomic E-state index is 0.0650. The number of rotatable bonds is 5. The predicted molar refractivity (Wildman–Crippen MR) is 94.9 cm³/mol. The van der Waals surface area contributed by atoms with Crippen molar-refractivity contribution in [1.82, 2.24) is 9.97 Å². The van der Waals surface area contributed by atoms with Crippen molar-refractivity contribution in [2.75, 3.05) is 12.1 Å². The maximum atomic E-state index is 12.2. The molecule has 2 aromatic heterocycles. The van der Waals surface area contributed by atoms with Gasteiger partial charge in [-0.1, -0.05) is 6.07 Å². The molecular formula is C18H15N3O3S. The number of pyridine rings is 1. The summed E-state index contributed by atoms with van der Waals surface area (Å²) in [5.41, 5.74) is 2.78. The summed E-state index contributed by atoms with van der Waals surface area (Å²) in [4.78, 5) is 20.7. The number of aryl methyl sites for hydroxylation is 1. The molecule has 1 aliphatic rings. The van der Waals surface area contributed by atoms with Crippen LogP contribution in [0.3, 0.4) is 0 Å². The molecular weight excluding hydrogens is 338 g/mol. The van der Waals surface area contributed by atoms with E-state index in [9.17, 15) is 4.79 Å². The molecule has 1 aliphatic heterocycles. The van der Waals surface area contributed by atoms with Crippen LogP contribution in [-0.4, -0.2) is 22.7 Å². The predicted octanol–water partition coefficient (Wildman–Crippen LogP) is 3.51. The Morgan fingerprint density at radius 3 is 3.04 bits per heavy atom. The highest BCUT2D eigenvalue weighted by molar-refractivity contribution is 7.14. The van der Waals surface area contributed by atoms with Gasteiger partial charge >= 0.3 is 0 Å². The molecule has 0 atom stereocenters. The lowest BCUT2D eigenvalue weighted by molar-refractivity contribution is -0.116. The van der Waals surface area contributed by atoms with Gasteiger partial charge in [-0.15, -0.1) is 11.3 Å². The lowest BCUT2D eigenvalue weighted by Crippen LogP contribution is -2.12. The lowest BCUT2D eigenvalue weighted by Gasteiger charge is -2.04. The number of carbonyl (C=O) groups is 1. The zero-order valence-corrected chi connectivity index (χ0v) is 14.1. The number of benzene rings is 1. The monoisotopic (exact) mass is 353 g/mol. The Kier molecular flexibility index (Phi) is 4.30. The second-order valence-corrected chi connectivity index (χ2v) is 6.37. The van der Waals surface area contributed by atoms with Gasteiger partial charge in [0.25, 0.3) is 0 Å². The highest BCUT2D eigenvalue weighted by atomic mass is 32.1. The van der Waals surface area contributed by atoms with E-state index in [-0.39, 0.29) is 12.7 Å². The van der Waals surface area contributed by atoms with Gasteiger partial charge in [-0.05, 0) is 36.2 Å². The maximum absolute atomic E-state index is 12.2. The average molecular weight is 353 g/mol. The molecule has 1 amide bonds. The zero-order valence-electron chi connectivity index (χ0n) is 13.3. The van der Waals surface area contributed by atoms with Gasteiger partial charge in [0.1, 0.15) is 0 Å². The number of fused-ring (bicyclic) bond motifs is 1. The summed E-state index contributed by atoms with van der Waals surface area (Å²) in [7, 11) is 0. The Labute approximate surface area is 148 Å². The summed E-state index contributed by atoms with van der Waals surface area (Å²) >= 11 is 1.40. The van der Waals surface area contributed by atoms with Gasteiger partial charge in [0.15, 0.2) is 16.6 Å². The highest BCUT2D eigenvalue weighted by Gasteiger charge is 2.14. The van der Waals surface area contributed by atoms with Crippen LogP contribution in [0.5, 0.6) is 11.5 Å². The van der Waals surface area contributed by atoms with Gasteiger partial charge in [-0.3, -0.25) is 9.78 Å². The molecule has 1 aromatic carbocycles. The van der Waals surface area contributed by atoms with E-state index in [4.69, 9.17) is 9.47 Å². The first-order valence-corrected chi connectivity index (χ1v) is 8.70. The fourth-order valence-corrected chi connectivity index (χ4v) is 3.25. The summed E-state index contributed by atoms with van der Waals surface area (Å²) in [6.07, 6.45) is 4.47. The third-order valence-corrected chi connectivity index (χ3v) is 4.54. The maximum Gasteiger partial charge on any atom is 0.231 e. The Morgan fingerprint density at radius 1 is 1.24 bits per heavy atom. The van der Waals surface area contributed by atoms with Crippen molar-refractivity contribution >= 4 is 22.4 Å². The first-order valence-electron chi connectivity index (χ1n) is 7.82. The highest BCUT2D eigenvalue weighted by Crippen LogP contribution is 2.32. The number of thiazole rings is 1. The van der Waals surface area contributed by atoms with Crippen molar-refractivity contribution in [3.8, 4) is 22.8 Å². The van der Waals surface area contributed by atoms with Gasteiger partial charge in [-0.2, -0.15) is 0 Å². The van der Waals surface area contributed by atoms with Gasteiger partial charge in [0.05, 0.1) is 5.69 Å². The molecule has 0 fully saturated rings. The van der Waals surface area contributed by atoms with Crippen LogP contribution in [0.1, 0.15) is 12.0 Å². The number of ether oxygens (including phenoxy) is 2. The Bertz CT molecular complexity index is 896. The first-order chi connectivity index (χ1) is 12.3. The Balaban J connectivity index is 1.34. The molecule has 4 rings (SSSR count). The summed E-state index contributed by atoms with van der Waals surface area (Å²) in [6, 6.07) is 9.53. The summed E-state index contributed by atoms with van der Waals surface area (Å²) in [5, 5.41) is 5.35.